The lowest BCUT2D eigenvalue weighted by Gasteiger charge is -2.03. The van der Waals surface area contributed by atoms with E-state index in [2.05, 4.69) is 36.3 Å². The van der Waals surface area contributed by atoms with Crippen molar-refractivity contribution < 1.29 is 4.79 Å². The number of carbonyl (C=O) groups excluding carboxylic acids is 1. The normalized spacial score (nSPS) is 10.6. The third-order valence-corrected chi connectivity index (χ3v) is 3.67. The van der Waals surface area contributed by atoms with Gasteiger partial charge in [0.2, 0.25) is 5.95 Å². The average Bonchev–Trinajstić information content (AvgIpc) is 2.55. The molecule has 1 amide bonds. The molecule has 2 aromatic rings. The second-order valence-corrected chi connectivity index (χ2v) is 5.16. The number of aryl methyl sites for hydroxylation is 2. The molecule has 0 radical (unpaired) electrons. The van der Waals surface area contributed by atoms with Crippen LogP contribution >= 0.6 is 27.5 Å². The van der Waals surface area contributed by atoms with E-state index < -0.39 is 5.91 Å². The van der Waals surface area contributed by atoms with E-state index >= 15 is 0 Å². The minimum absolute atomic E-state index is 0.158. The smallest absolute Gasteiger partial charge is 0.279 e. The number of hydrogen-bond acceptors (Lipinski definition) is 4. The lowest BCUT2D eigenvalue weighted by Crippen LogP contribution is -2.16. The summed E-state index contributed by atoms with van der Waals surface area (Å²) in [5.74, 6) is -0.234. The molecule has 0 spiro atoms. The molecular weight excluding hydrogens is 334 g/mol. The van der Waals surface area contributed by atoms with E-state index in [9.17, 15) is 4.79 Å². The maximum absolute atomic E-state index is 12.1. The Morgan fingerprint density at radius 2 is 2.11 bits per heavy atom. The minimum atomic E-state index is -0.391. The van der Waals surface area contributed by atoms with Crippen LogP contribution in [0.2, 0.25) is 5.15 Å². The molecule has 0 bridgehead atoms. The van der Waals surface area contributed by atoms with E-state index in [0.717, 1.165) is 5.69 Å². The summed E-state index contributed by atoms with van der Waals surface area (Å²) in [6.45, 7) is 3.62. The number of rotatable bonds is 2. The fourth-order valence-corrected chi connectivity index (χ4v) is 2.23. The van der Waals surface area contributed by atoms with Crippen molar-refractivity contribution in [2.24, 2.45) is 7.05 Å². The Hall–Kier alpha value is -1.47. The molecule has 0 saturated heterocycles. The minimum Gasteiger partial charge on any atom is -0.289 e. The van der Waals surface area contributed by atoms with Gasteiger partial charge < -0.3 is 0 Å². The van der Waals surface area contributed by atoms with E-state index in [4.69, 9.17) is 11.6 Å². The number of aromatic nitrogens is 4. The van der Waals surface area contributed by atoms with Crippen molar-refractivity contribution in [2.75, 3.05) is 5.32 Å². The zero-order chi connectivity index (χ0) is 14.2. The number of nitrogens with one attached hydrogen (secondary N) is 1. The second kappa shape index (κ2) is 5.26. The number of hydrogen-bond donors (Lipinski definition) is 1. The Labute approximate surface area is 123 Å². The summed E-state index contributed by atoms with van der Waals surface area (Å²) >= 11 is 9.14. The van der Waals surface area contributed by atoms with Gasteiger partial charge in [0.15, 0.2) is 5.69 Å². The topological polar surface area (TPSA) is 72.7 Å². The van der Waals surface area contributed by atoms with Crippen molar-refractivity contribution in [2.45, 2.75) is 13.8 Å². The molecular formula is C11H11BrClN5O. The monoisotopic (exact) mass is 343 g/mol. The molecule has 0 aliphatic carbocycles. The van der Waals surface area contributed by atoms with Crippen LogP contribution in [0.5, 0.6) is 0 Å². The summed E-state index contributed by atoms with van der Waals surface area (Å²) in [6.07, 6.45) is 0. The third-order valence-electron chi connectivity index (χ3n) is 2.52. The highest BCUT2D eigenvalue weighted by molar-refractivity contribution is 9.10. The second-order valence-electron chi connectivity index (χ2n) is 3.98. The van der Waals surface area contributed by atoms with Gasteiger partial charge in [0.05, 0.1) is 10.2 Å². The van der Waals surface area contributed by atoms with Crippen LogP contribution in [-0.4, -0.2) is 25.7 Å². The van der Waals surface area contributed by atoms with Gasteiger partial charge >= 0.3 is 0 Å². The number of nitrogens with zero attached hydrogens (tertiary/aromatic N) is 4. The zero-order valence-electron chi connectivity index (χ0n) is 10.5. The SMILES string of the molecule is Cc1cc(Cl)nc(NC(=O)c2nn(C)c(C)c2Br)n1. The summed E-state index contributed by atoms with van der Waals surface area (Å²) < 4.78 is 2.26. The highest BCUT2D eigenvalue weighted by Crippen LogP contribution is 2.21. The van der Waals surface area contributed by atoms with Gasteiger partial charge in [0.1, 0.15) is 5.15 Å². The Bertz CT molecular complexity index is 635. The molecule has 0 unspecified atom stereocenters. The van der Waals surface area contributed by atoms with Gasteiger partial charge in [0, 0.05) is 12.7 Å². The molecule has 0 saturated carbocycles. The van der Waals surface area contributed by atoms with E-state index in [1.165, 1.54) is 0 Å². The average molecular weight is 345 g/mol. The summed E-state index contributed by atoms with van der Waals surface area (Å²) in [6, 6.07) is 1.61. The Balaban J connectivity index is 2.28. The van der Waals surface area contributed by atoms with Crippen LogP contribution in [0.25, 0.3) is 0 Å². The largest absolute Gasteiger partial charge is 0.289 e. The molecule has 8 heteroatoms. The van der Waals surface area contributed by atoms with Gasteiger partial charge in [-0.15, -0.1) is 0 Å². The van der Waals surface area contributed by atoms with Crippen molar-refractivity contribution in [3.05, 3.63) is 32.8 Å². The molecule has 1 N–H and O–H groups in total. The fraction of sp³-hybridized carbons (Fsp3) is 0.273. The van der Waals surface area contributed by atoms with Crippen LogP contribution in [0.15, 0.2) is 10.5 Å². The highest BCUT2D eigenvalue weighted by atomic mass is 79.9. The molecule has 100 valence electrons. The summed E-state index contributed by atoms with van der Waals surface area (Å²) in [5.41, 5.74) is 1.81. The van der Waals surface area contributed by atoms with Gasteiger partial charge in [-0.3, -0.25) is 14.8 Å². The molecule has 0 aliphatic rings. The van der Waals surface area contributed by atoms with Crippen LogP contribution in [0.1, 0.15) is 21.9 Å². The molecule has 6 nitrogen and oxygen atoms in total. The standard InChI is InChI=1S/C11H11BrClN5O/c1-5-4-7(13)15-11(14-5)16-10(19)9-8(12)6(2)18(3)17-9/h4H,1-3H3,(H,14,15,16,19). The first-order chi connectivity index (χ1) is 8.88. The van der Waals surface area contributed by atoms with Crippen LogP contribution in [0.3, 0.4) is 0 Å². The Kier molecular flexibility index (Phi) is 3.86. The molecule has 0 atom stereocenters. The molecule has 0 fully saturated rings. The quantitative estimate of drug-likeness (QED) is 0.850. The maximum atomic E-state index is 12.1. The first-order valence-corrected chi connectivity index (χ1v) is 6.57. The molecule has 0 aliphatic heterocycles. The number of halogens is 2. The first kappa shape index (κ1) is 14.0. The molecule has 19 heavy (non-hydrogen) atoms. The summed E-state index contributed by atoms with van der Waals surface area (Å²) in [4.78, 5) is 20.1. The Morgan fingerprint density at radius 1 is 1.42 bits per heavy atom. The van der Waals surface area contributed by atoms with Gasteiger partial charge in [-0.25, -0.2) is 9.97 Å². The lowest BCUT2D eigenvalue weighted by atomic mass is 10.3. The number of amides is 1. The number of carbonyl (C=O) groups is 1. The fourth-order valence-electron chi connectivity index (χ4n) is 1.47. The van der Waals surface area contributed by atoms with Crippen LogP contribution in [0.4, 0.5) is 5.95 Å². The van der Waals surface area contributed by atoms with E-state index in [1.807, 2.05) is 6.92 Å². The van der Waals surface area contributed by atoms with E-state index in [0.29, 0.717) is 10.2 Å². The van der Waals surface area contributed by atoms with Crippen LogP contribution < -0.4 is 5.32 Å². The third kappa shape index (κ3) is 2.93. The summed E-state index contributed by atoms with van der Waals surface area (Å²) in [5, 5.41) is 6.97. The van der Waals surface area contributed by atoms with Gasteiger partial charge in [0.25, 0.3) is 5.91 Å². The molecule has 2 aromatic heterocycles. The Morgan fingerprint density at radius 3 is 2.63 bits per heavy atom. The van der Waals surface area contributed by atoms with Gasteiger partial charge in [-0.05, 0) is 35.8 Å². The van der Waals surface area contributed by atoms with Crippen LogP contribution in [0, 0.1) is 13.8 Å². The summed E-state index contributed by atoms with van der Waals surface area (Å²) in [7, 11) is 1.76. The lowest BCUT2D eigenvalue weighted by molar-refractivity contribution is 0.102. The van der Waals surface area contributed by atoms with E-state index in [-0.39, 0.29) is 16.8 Å². The van der Waals surface area contributed by atoms with Crippen LogP contribution in [-0.2, 0) is 7.05 Å². The van der Waals surface area contributed by atoms with Crippen molar-refractivity contribution in [1.82, 2.24) is 19.7 Å². The zero-order valence-corrected chi connectivity index (χ0v) is 12.9. The van der Waals surface area contributed by atoms with Crippen molar-refractivity contribution in [3.63, 3.8) is 0 Å². The molecule has 0 aromatic carbocycles. The highest BCUT2D eigenvalue weighted by Gasteiger charge is 2.18. The first-order valence-electron chi connectivity index (χ1n) is 5.40. The van der Waals surface area contributed by atoms with E-state index in [1.54, 1.807) is 24.7 Å². The van der Waals surface area contributed by atoms with Crippen molar-refractivity contribution in [3.8, 4) is 0 Å². The predicted octanol–water partition coefficient (Wildman–Crippen LogP) is 2.50. The van der Waals surface area contributed by atoms with Crippen molar-refractivity contribution >= 4 is 39.4 Å². The predicted molar refractivity (Wildman–Crippen MR) is 75.4 cm³/mol. The number of anilines is 1. The van der Waals surface area contributed by atoms with Gasteiger partial charge in [-0.1, -0.05) is 11.6 Å². The van der Waals surface area contributed by atoms with Gasteiger partial charge in [-0.2, -0.15) is 5.10 Å². The van der Waals surface area contributed by atoms with Crippen molar-refractivity contribution in [1.29, 1.82) is 0 Å². The maximum Gasteiger partial charge on any atom is 0.279 e. The molecule has 2 heterocycles. The molecule has 2 rings (SSSR count).